The number of ether oxygens (including phenoxy) is 1. The molecule has 1 unspecified atom stereocenters. The van der Waals surface area contributed by atoms with E-state index in [1.165, 1.54) is 12.1 Å². The Kier molecular flexibility index (Phi) is 4.13. The quantitative estimate of drug-likeness (QED) is 0.933. The Bertz CT molecular complexity index is 860. The van der Waals surface area contributed by atoms with Crippen LogP contribution in [0.3, 0.4) is 0 Å². The Morgan fingerprint density at radius 2 is 2.08 bits per heavy atom. The number of benzene rings is 1. The van der Waals surface area contributed by atoms with E-state index in [9.17, 15) is 14.0 Å². The summed E-state index contributed by atoms with van der Waals surface area (Å²) in [6, 6.07) is 9.62. The van der Waals surface area contributed by atoms with Crippen molar-refractivity contribution >= 4 is 5.91 Å². The second-order valence-corrected chi connectivity index (χ2v) is 6.60. The van der Waals surface area contributed by atoms with E-state index < -0.39 is 6.10 Å². The molecule has 4 rings (SSSR count). The van der Waals surface area contributed by atoms with E-state index in [2.05, 4.69) is 4.98 Å². The van der Waals surface area contributed by atoms with E-state index in [0.29, 0.717) is 31.2 Å². The van der Waals surface area contributed by atoms with Crippen LogP contribution in [-0.4, -0.2) is 35.5 Å². The number of halogens is 1. The van der Waals surface area contributed by atoms with E-state index in [-0.39, 0.29) is 22.8 Å². The Morgan fingerprint density at radius 3 is 2.80 bits per heavy atom. The number of aromatic amines is 1. The molecule has 2 aromatic rings. The van der Waals surface area contributed by atoms with E-state index >= 15 is 0 Å². The normalized spacial score (nSPS) is 20.5. The summed E-state index contributed by atoms with van der Waals surface area (Å²) < 4.78 is 19.1. The number of carbonyl (C=O) groups excluding carboxylic acids is 1. The van der Waals surface area contributed by atoms with Gasteiger partial charge in [0, 0.05) is 12.2 Å². The fourth-order valence-corrected chi connectivity index (χ4v) is 3.20. The second-order valence-electron chi connectivity index (χ2n) is 6.60. The number of nitrogens with zero attached hydrogens (tertiary/aromatic N) is 1. The first-order chi connectivity index (χ1) is 12.1. The van der Waals surface area contributed by atoms with E-state index in [1.807, 2.05) is 6.07 Å². The molecule has 5 nitrogen and oxygen atoms in total. The molecule has 0 radical (unpaired) electrons. The molecule has 1 saturated heterocycles. The molecule has 1 N–H and O–H groups in total. The molecule has 2 heterocycles. The number of pyridine rings is 1. The molecule has 1 aliphatic carbocycles. The standard InChI is InChI=1S/C19H19FN2O3/c20-14-3-1-2-13(10-14)17-11-22(8-9-25-17)19(24)15-6-7-16(12-4-5-12)21-18(15)23/h1-3,6-7,10,12,17H,4-5,8-9,11H2,(H,21,23). The van der Waals surface area contributed by atoms with Gasteiger partial charge in [0.25, 0.3) is 11.5 Å². The van der Waals surface area contributed by atoms with Gasteiger partial charge in [0.1, 0.15) is 17.5 Å². The number of aromatic nitrogens is 1. The molecule has 1 aromatic carbocycles. The third-order valence-electron chi connectivity index (χ3n) is 4.75. The van der Waals surface area contributed by atoms with Gasteiger partial charge < -0.3 is 14.6 Å². The number of rotatable bonds is 3. The number of carbonyl (C=O) groups is 1. The van der Waals surface area contributed by atoms with Crippen LogP contribution in [0.25, 0.3) is 0 Å². The average Bonchev–Trinajstić information content (AvgIpc) is 3.46. The number of hydrogen-bond donors (Lipinski definition) is 1. The number of amides is 1. The summed E-state index contributed by atoms with van der Waals surface area (Å²) in [6.45, 7) is 1.06. The number of H-pyrrole nitrogens is 1. The van der Waals surface area contributed by atoms with Crippen LogP contribution in [0, 0.1) is 5.82 Å². The van der Waals surface area contributed by atoms with Gasteiger partial charge in [-0.1, -0.05) is 12.1 Å². The predicted octanol–water partition coefficient (Wildman–Crippen LogP) is 2.61. The van der Waals surface area contributed by atoms with Crippen LogP contribution < -0.4 is 5.56 Å². The molecule has 130 valence electrons. The van der Waals surface area contributed by atoms with Crippen LogP contribution in [-0.2, 0) is 4.74 Å². The van der Waals surface area contributed by atoms with E-state index in [1.54, 1.807) is 23.1 Å². The summed E-state index contributed by atoms with van der Waals surface area (Å²) in [5.74, 6) is -0.220. The van der Waals surface area contributed by atoms with Crippen molar-refractivity contribution in [1.29, 1.82) is 0 Å². The minimum absolute atomic E-state index is 0.143. The number of nitrogens with one attached hydrogen (secondary N) is 1. The van der Waals surface area contributed by atoms with Crippen molar-refractivity contribution in [3.05, 3.63) is 69.4 Å². The van der Waals surface area contributed by atoms with Crippen LogP contribution in [0.15, 0.2) is 41.2 Å². The lowest BCUT2D eigenvalue weighted by atomic mass is 10.1. The molecule has 0 spiro atoms. The molecule has 2 fully saturated rings. The van der Waals surface area contributed by atoms with Gasteiger partial charge in [0.2, 0.25) is 0 Å². The summed E-state index contributed by atoms with van der Waals surface area (Å²) >= 11 is 0. The third kappa shape index (κ3) is 3.35. The lowest BCUT2D eigenvalue weighted by molar-refractivity contribution is -0.0229. The predicted molar refractivity (Wildman–Crippen MR) is 90.0 cm³/mol. The van der Waals surface area contributed by atoms with Crippen molar-refractivity contribution in [2.24, 2.45) is 0 Å². The highest BCUT2D eigenvalue weighted by Crippen LogP contribution is 2.38. The summed E-state index contributed by atoms with van der Waals surface area (Å²) in [7, 11) is 0. The van der Waals surface area contributed by atoms with Crippen molar-refractivity contribution in [1.82, 2.24) is 9.88 Å². The smallest absolute Gasteiger partial charge is 0.261 e. The average molecular weight is 342 g/mol. The van der Waals surface area contributed by atoms with Gasteiger partial charge in [-0.2, -0.15) is 0 Å². The van der Waals surface area contributed by atoms with Gasteiger partial charge >= 0.3 is 0 Å². The van der Waals surface area contributed by atoms with Gasteiger partial charge in [-0.05, 0) is 48.6 Å². The SMILES string of the molecule is O=C(c1ccc(C2CC2)[nH]c1=O)N1CCOC(c2cccc(F)c2)C1. The second kappa shape index (κ2) is 6.44. The third-order valence-corrected chi connectivity index (χ3v) is 4.75. The highest BCUT2D eigenvalue weighted by Gasteiger charge is 2.29. The van der Waals surface area contributed by atoms with Gasteiger partial charge in [0.15, 0.2) is 0 Å². The first-order valence-electron chi connectivity index (χ1n) is 8.51. The van der Waals surface area contributed by atoms with Crippen molar-refractivity contribution in [2.75, 3.05) is 19.7 Å². The van der Waals surface area contributed by atoms with Gasteiger partial charge in [-0.15, -0.1) is 0 Å². The van der Waals surface area contributed by atoms with Gasteiger partial charge in [0.05, 0.1) is 13.2 Å². The van der Waals surface area contributed by atoms with Crippen LogP contribution in [0.2, 0.25) is 0 Å². The molecular formula is C19H19FN2O3. The first-order valence-corrected chi connectivity index (χ1v) is 8.51. The molecule has 1 aromatic heterocycles. The van der Waals surface area contributed by atoms with Crippen LogP contribution in [0.1, 0.15) is 46.5 Å². The zero-order valence-corrected chi connectivity index (χ0v) is 13.7. The van der Waals surface area contributed by atoms with Gasteiger partial charge in [-0.25, -0.2) is 4.39 Å². The van der Waals surface area contributed by atoms with E-state index in [0.717, 1.165) is 18.5 Å². The Morgan fingerprint density at radius 1 is 1.24 bits per heavy atom. The van der Waals surface area contributed by atoms with Crippen molar-refractivity contribution in [3.8, 4) is 0 Å². The monoisotopic (exact) mass is 342 g/mol. The maximum absolute atomic E-state index is 13.4. The van der Waals surface area contributed by atoms with Gasteiger partial charge in [-0.3, -0.25) is 9.59 Å². The first kappa shape index (κ1) is 16.0. The number of hydrogen-bond acceptors (Lipinski definition) is 3. The maximum Gasteiger partial charge on any atom is 0.261 e. The fraction of sp³-hybridized carbons (Fsp3) is 0.368. The minimum atomic E-state index is -0.391. The van der Waals surface area contributed by atoms with Crippen molar-refractivity contribution in [2.45, 2.75) is 24.9 Å². The number of morpholine rings is 1. The van der Waals surface area contributed by atoms with Crippen molar-refractivity contribution < 1.29 is 13.9 Å². The molecule has 1 aliphatic heterocycles. The minimum Gasteiger partial charge on any atom is -0.370 e. The molecule has 6 heteroatoms. The zero-order valence-electron chi connectivity index (χ0n) is 13.7. The molecule has 1 atom stereocenters. The fourth-order valence-electron chi connectivity index (χ4n) is 3.20. The van der Waals surface area contributed by atoms with Crippen LogP contribution in [0.5, 0.6) is 0 Å². The van der Waals surface area contributed by atoms with Crippen LogP contribution in [0.4, 0.5) is 4.39 Å². The highest BCUT2D eigenvalue weighted by atomic mass is 19.1. The summed E-state index contributed by atoms with van der Waals surface area (Å²) in [5, 5.41) is 0. The maximum atomic E-state index is 13.4. The Balaban J connectivity index is 1.53. The largest absolute Gasteiger partial charge is 0.370 e. The van der Waals surface area contributed by atoms with Crippen molar-refractivity contribution in [3.63, 3.8) is 0 Å². The van der Waals surface area contributed by atoms with E-state index in [4.69, 9.17) is 4.74 Å². The summed E-state index contributed by atoms with van der Waals surface area (Å²) in [4.78, 5) is 29.4. The molecular weight excluding hydrogens is 323 g/mol. The summed E-state index contributed by atoms with van der Waals surface area (Å²) in [6.07, 6.45) is 1.78. The summed E-state index contributed by atoms with van der Waals surface area (Å²) in [5.41, 5.74) is 1.39. The molecule has 2 aliphatic rings. The zero-order chi connectivity index (χ0) is 17.4. The van der Waals surface area contributed by atoms with Crippen LogP contribution >= 0.6 is 0 Å². The Hall–Kier alpha value is -2.47. The lowest BCUT2D eigenvalue weighted by Gasteiger charge is -2.33. The molecule has 0 bridgehead atoms. The molecule has 1 saturated carbocycles. The topological polar surface area (TPSA) is 62.4 Å². The lowest BCUT2D eigenvalue weighted by Crippen LogP contribution is -2.43. The molecule has 1 amide bonds. The molecule has 25 heavy (non-hydrogen) atoms. The Labute approximate surface area is 144 Å². The highest BCUT2D eigenvalue weighted by molar-refractivity contribution is 5.94.